The summed E-state index contributed by atoms with van der Waals surface area (Å²) in [5.74, 6) is -0.331. The summed E-state index contributed by atoms with van der Waals surface area (Å²) in [5.41, 5.74) is 1.13. The highest BCUT2D eigenvalue weighted by Crippen LogP contribution is 2.31. The van der Waals surface area contributed by atoms with Crippen LogP contribution in [0.1, 0.15) is 119 Å². The lowest BCUT2D eigenvalue weighted by atomic mass is 10.2. The second kappa shape index (κ2) is 23.5. The molecule has 11 heteroatoms. The molecule has 308 valence electrons. The zero-order chi connectivity index (χ0) is 41.8. The number of rotatable bonds is 22. The van der Waals surface area contributed by atoms with Crippen molar-refractivity contribution >= 4 is 39.8 Å². The van der Waals surface area contributed by atoms with E-state index in [0.29, 0.717) is 40.3 Å². The quantitative estimate of drug-likeness (QED) is 0.0377. The number of carbonyl (C=O) groups excluding carboxylic acids is 4. The van der Waals surface area contributed by atoms with Gasteiger partial charge in [-0.3, -0.25) is 0 Å². The Labute approximate surface area is 353 Å². The van der Waals surface area contributed by atoms with Gasteiger partial charge in [0.05, 0.1) is 39.9 Å². The summed E-state index contributed by atoms with van der Waals surface area (Å²) in [6.45, 7) is 5.62. The maximum Gasteiger partial charge on any atom is 0.343 e. The Hall–Kier alpha value is -5.94. The van der Waals surface area contributed by atoms with Crippen molar-refractivity contribution in [2.24, 2.45) is 0 Å². The van der Waals surface area contributed by atoms with E-state index < -0.39 is 23.9 Å². The lowest BCUT2D eigenvalue weighted by Gasteiger charge is -2.10. The molecule has 5 aromatic carbocycles. The van der Waals surface area contributed by atoms with Crippen molar-refractivity contribution in [3.05, 3.63) is 142 Å². The lowest BCUT2D eigenvalue weighted by Crippen LogP contribution is -2.11. The van der Waals surface area contributed by atoms with Crippen LogP contribution in [0.3, 0.4) is 0 Å². The van der Waals surface area contributed by atoms with E-state index in [1.807, 2.05) is 0 Å². The van der Waals surface area contributed by atoms with E-state index in [9.17, 15) is 19.2 Å². The third-order valence-electron chi connectivity index (χ3n) is 9.13. The molecule has 0 heterocycles. The molecule has 0 bridgehead atoms. The van der Waals surface area contributed by atoms with Gasteiger partial charge in [0.25, 0.3) is 0 Å². The van der Waals surface area contributed by atoms with Crippen LogP contribution in [0.5, 0.6) is 34.5 Å². The predicted octanol–water partition coefficient (Wildman–Crippen LogP) is 12.0. The van der Waals surface area contributed by atoms with Crippen LogP contribution < -0.4 is 28.4 Å². The Morgan fingerprint density at radius 3 is 1.10 bits per heavy atom. The summed E-state index contributed by atoms with van der Waals surface area (Å²) in [7, 11) is 0. The van der Waals surface area contributed by atoms with E-state index >= 15 is 0 Å². The Bertz CT molecular complexity index is 2110. The first-order chi connectivity index (χ1) is 28.7. The molecule has 10 nitrogen and oxygen atoms in total. The molecule has 0 spiro atoms. The zero-order valence-electron chi connectivity index (χ0n) is 33.4. The Morgan fingerprint density at radius 1 is 0.390 bits per heavy atom. The average molecular weight is 866 g/mol. The third kappa shape index (κ3) is 14.4. The second-order valence-electron chi connectivity index (χ2n) is 13.8. The standard InChI is InChI=1S/C48H49BrO10/c1-3-5-7-9-11-31-54-38-21-13-34(14-22-38)45(50)56-40-25-17-36(18-26-40)47(52)58-42-29-30-43(49)44(33-42)59-48(53)37-19-27-41(28-20-37)57-46(51)35-15-23-39(24-16-35)55-32-12-10-8-6-4-2/h13-30,33H,3-12,31-32H2,1-2H3. The van der Waals surface area contributed by atoms with Gasteiger partial charge in [-0.25, -0.2) is 19.2 Å². The van der Waals surface area contributed by atoms with Crippen molar-refractivity contribution in [3.63, 3.8) is 0 Å². The van der Waals surface area contributed by atoms with Crippen LogP contribution in [0.15, 0.2) is 120 Å². The van der Waals surface area contributed by atoms with Crippen molar-refractivity contribution in [2.45, 2.75) is 78.1 Å². The highest BCUT2D eigenvalue weighted by Gasteiger charge is 2.17. The SMILES string of the molecule is CCCCCCCOc1ccc(C(=O)Oc2ccc(C(=O)Oc3ccc(Br)c(OC(=O)c4ccc(OC(=O)c5ccc(OCCCCCCC)cc5)cc4)c3)cc2)cc1. The molecular weight excluding hydrogens is 816 g/mol. The maximum absolute atomic E-state index is 13.0. The van der Waals surface area contributed by atoms with Crippen LogP contribution in [0.4, 0.5) is 0 Å². The minimum atomic E-state index is -0.685. The number of esters is 4. The second-order valence-corrected chi connectivity index (χ2v) is 14.6. The first-order valence-corrected chi connectivity index (χ1v) is 20.9. The summed E-state index contributed by atoms with van der Waals surface area (Å²) < 4.78 is 34.1. The van der Waals surface area contributed by atoms with E-state index in [-0.39, 0.29) is 34.1 Å². The minimum Gasteiger partial charge on any atom is -0.494 e. The molecule has 0 saturated heterocycles. The van der Waals surface area contributed by atoms with Gasteiger partial charge in [-0.05, 0) is 138 Å². The summed E-state index contributed by atoms with van der Waals surface area (Å²) in [5, 5.41) is 0. The molecule has 0 aliphatic rings. The Balaban J connectivity index is 1.07. The number of carbonyl (C=O) groups is 4. The van der Waals surface area contributed by atoms with Crippen molar-refractivity contribution in [1.29, 1.82) is 0 Å². The smallest absolute Gasteiger partial charge is 0.343 e. The zero-order valence-corrected chi connectivity index (χ0v) is 35.0. The van der Waals surface area contributed by atoms with Gasteiger partial charge >= 0.3 is 23.9 Å². The molecular formula is C48H49BrO10. The van der Waals surface area contributed by atoms with Gasteiger partial charge in [0.1, 0.15) is 34.5 Å². The van der Waals surface area contributed by atoms with Crippen LogP contribution >= 0.6 is 15.9 Å². The maximum atomic E-state index is 13.0. The van der Waals surface area contributed by atoms with Gasteiger partial charge in [-0.2, -0.15) is 0 Å². The molecule has 0 saturated carbocycles. The fourth-order valence-corrected chi connectivity index (χ4v) is 6.09. The van der Waals surface area contributed by atoms with E-state index in [1.54, 1.807) is 60.7 Å². The minimum absolute atomic E-state index is 0.115. The summed E-state index contributed by atoms with van der Waals surface area (Å²) in [6.07, 6.45) is 11.5. The van der Waals surface area contributed by atoms with Crippen LogP contribution in [0, 0.1) is 0 Å². The summed E-state index contributed by atoms with van der Waals surface area (Å²) in [4.78, 5) is 51.4. The van der Waals surface area contributed by atoms with Gasteiger partial charge < -0.3 is 28.4 Å². The molecule has 5 aromatic rings. The van der Waals surface area contributed by atoms with Crippen molar-refractivity contribution in [3.8, 4) is 34.5 Å². The number of hydrogen-bond donors (Lipinski definition) is 0. The molecule has 0 aromatic heterocycles. The number of hydrogen-bond acceptors (Lipinski definition) is 10. The number of ether oxygens (including phenoxy) is 6. The average Bonchev–Trinajstić information content (AvgIpc) is 3.25. The first-order valence-electron chi connectivity index (χ1n) is 20.1. The predicted molar refractivity (Wildman–Crippen MR) is 228 cm³/mol. The van der Waals surface area contributed by atoms with E-state index in [1.165, 1.54) is 93.1 Å². The number of benzene rings is 5. The molecule has 0 amide bonds. The van der Waals surface area contributed by atoms with Crippen molar-refractivity contribution in [2.75, 3.05) is 13.2 Å². The normalized spacial score (nSPS) is 10.7. The van der Waals surface area contributed by atoms with Crippen molar-refractivity contribution < 1.29 is 47.6 Å². The molecule has 59 heavy (non-hydrogen) atoms. The summed E-state index contributed by atoms with van der Waals surface area (Å²) in [6, 6.07) is 30.0. The van der Waals surface area contributed by atoms with Crippen LogP contribution in [0.25, 0.3) is 0 Å². The molecule has 0 unspecified atom stereocenters. The fraction of sp³-hybridized carbons (Fsp3) is 0.292. The van der Waals surface area contributed by atoms with Crippen molar-refractivity contribution in [1.82, 2.24) is 0 Å². The molecule has 0 aliphatic heterocycles. The van der Waals surface area contributed by atoms with Crippen LogP contribution in [-0.4, -0.2) is 37.1 Å². The summed E-state index contributed by atoms with van der Waals surface area (Å²) >= 11 is 3.37. The Kier molecular flexibility index (Phi) is 17.6. The van der Waals surface area contributed by atoms with E-state index in [2.05, 4.69) is 29.8 Å². The highest BCUT2D eigenvalue weighted by molar-refractivity contribution is 9.10. The highest BCUT2D eigenvalue weighted by atomic mass is 79.9. The third-order valence-corrected chi connectivity index (χ3v) is 9.79. The monoisotopic (exact) mass is 864 g/mol. The topological polar surface area (TPSA) is 124 Å². The van der Waals surface area contributed by atoms with Gasteiger partial charge in [0.2, 0.25) is 0 Å². The molecule has 0 fully saturated rings. The van der Waals surface area contributed by atoms with Gasteiger partial charge in [-0.15, -0.1) is 0 Å². The molecule has 0 aliphatic carbocycles. The van der Waals surface area contributed by atoms with Crippen LogP contribution in [0.2, 0.25) is 0 Å². The first kappa shape index (κ1) is 44.2. The molecule has 0 atom stereocenters. The van der Waals surface area contributed by atoms with Gasteiger partial charge in [0.15, 0.2) is 0 Å². The number of halogens is 1. The van der Waals surface area contributed by atoms with Gasteiger partial charge in [-0.1, -0.05) is 65.2 Å². The van der Waals surface area contributed by atoms with Crippen LogP contribution in [-0.2, 0) is 0 Å². The molecule has 5 rings (SSSR count). The van der Waals surface area contributed by atoms with E-state index in [4.69, 9.17) is 28.4 Å². The van der Waals surface area contributed by atoms with Gasteiger partial charge in [0, 0.05) is 6.07 Å². The fourth-order valence-electron chi connectivity index (χ4n) is 5.77. The molecule has 0 radical (unpaired) electrons. The lowest BCUT2D eigenvalue weighted by molar-refractivity contribution is 0.0722. The Morgan fingerprint density at radius 2 is 0.712 bits per heavy atom. The van der Waals surface area contributed by atoms with E-state index in [0.717, 1.165) is 25.7 Å². The number of unbranched alkanes of at least 4 members (excludes halogenated alkanes) is 8. The molecule has 0 N–H and O–H groups in total. The largest absolute Gasteiger partial charge is 0.494 e.